The molecule has 0 heterocycles. The van der Waals surface area contributed by atoms with Gasteiger partial charge in [0.2, 0.25) is 0 Å². The molecule has 1 unspecified atom stereocenters. The lowest BCUT2D eigenvalue weighted by Gasteiger charge is -2.11. The third-order valence-corrected chi connectivity index (χ3v) is 2.23. The van der Waals surface area contributed by atoms with E-state index in [4.69, 9.17) is 10.5 Å². The Kier molecular flexibility index (Phi) is 5.56. The summed E-state index contributed by atoms with van der Waals surface area (Å²) in [4.78, 5) is 0. The van der Waals surface area contributed by atoms with E-state index >= 15 is 0 Å². The van der Waals surface area contributed by atoms with Crippen LogP contribution < -0.4 is 10.5 Å². The zero-order valence-electron chi connectivity index (χ0n) is 10.3. The summed E-state index contributed by atoms with van der Waals surface area (Å²) >= 11 is 0. The fourth-order valence-electron chi connectivity index (χ4n) is 1.32. The predicted octanol–water partition coefficient (Wildman–Crippen LogP) is 2.80. The molecule has 1 aromatic carbocycles. The lowest BCUT2D eigenvalue weighted by molar-refractivity contribution is -0.175. The average Bonchev–Trinajstić information content (AvgIpc) is 2.28. The summed E-state index contributed by atoms with van der Waals surface area (Å²) < 4.78 is 58.1. The topological polar surface area (TPSA) is 44.5 Å². The van der Waals surface area contributed by atoms with E-state index in [1.807, 2.05) is 0 Å². The molecule has 1 rings (SSSR count). The smallest absolute Gasteiger partial charge is 0.411 e. The van der Waals surface area contributed by atoms with Crippen LogP contribution in [0.3, 0.4) is 0 Å². The molecule has 3 nitrogen and oxygen atoms in total. The van der Waals surface area contributed by atoms with Crippen molar-refractivity contribution in [2.24, 2.45) is 5.73 Å². The Morgan fingerprint density at radius 2 is 1.95 bits per heavy atom. The second-order valence-electron chi connectivity index (χ2n) is 3.99. The van der Waals surface area contributed by atoms with Crippen molar-refractivity contribution in [2.75, 3.05) is 19.8 Å². The molecule has 1 atom stereocenters. The molecule has 0 aliphatic carbocycles. The van der Waals surface area contributed by atoms with Gasteiger partial charge in [0, 0.05) is 6.04 Å². The van der Waals surface area contributed by atoms with Gasteiger partial charge in [0.1, 0.15) is 13.2 Å². The van der Waals surface area contributed by atoms with Gasteiger partial charge >= 0.3 is 6.18 Å². The highest BCUT2D eigenvalue weighted by molar-refractivity contribution is 5.30. The molecular weight excluding hydrogens is 266 g/mol. The first-order valence-corrected chi connectivity index (χ1v) is 5.62. The number of alkyl halides is 3. The standard InChI is InChI=1S/C12H15F4NO2/c1-8(17)9-2-3-11(10(13)6-9)19-5-4-18-7-12(14,15)16/h2-3,6,8H,4-5,7,17H2,1H3. The minimum absolute atomic E-state index is 0.0417. The van der Waals surface area contributed by atoms with Crippen molar-refractivity contribution in [2.45, 2.75) is 19.1 Å². The molecule has 0 saturated heterocycles. The first kappa shape index (κ1) is 15.7. The third-order valence-electron chi connectivity index (χ3n) is 2.23. The van der Waals surface area contributed by atoms with Gasteiger partial charge in [-0.3, -0.25) is 0 Å². The van der Waals surface area contributed by atoms with Crippen LogP contribution in [0.4, 0.5) is 17.6 Å². The third kappa shape index (κ3) is 5.89. The van der Waals surface area contributed by atoms with E-state index < -0.39 is 18.6 Å². The van der Waals surface area contributed by atoms with Crippen LogP contribution in [0.2, 0.25) is 0 Å². The highest BCUT2D eigenvalue weighted by atomic mass is 19.4. The summed E-state index contributed by atoms with van der Waals surface area (Å²) in [5.74, 6) is -0.648. The fraction of sp³-hybridized carbons (Fsp3) is 0.500. The van der Waals surface area contributed by atoms with E-state index in [0.717, 1.165) is 0 Å². The zero-order chi connectivity index (χ0) is 14.5. The zero-order valence-corrected chi connectivity index (χ0v) is 10.3. The van der Waals surface area contributed by atoms with Gasteiger partial charge in [-0.25, -0.2) is 4.39 Å². The lowest BCUT2D eigenvalue weighted by atomic mass is 10.1. The molecule has 0 radical (unpaired) electrons. The molecule has 0 saturated carbocycles. The van der Waals surface area contributed by atoms with Crippen LogP contribution in [0.25, 0.3) is 0 Å². The highest BCUT2D eigenvalue weighted by Gasteiger charge is 2.27. The molecule has 7 heteroatoms. The summed E-state index contributed by atoms with van der Waals surface area (Å²) in [5.41, 5.74) is 6.19. The molecule has 2 N–H and O–H groups in total. The van der Waals surface area contributed by atoms with Crippen molar-refractivity contribution in [3.8, 4) is 5.75 Å². The maximum Gasteiger partial charge on any atom is 0.411 e. The van der Waals surface area contributed by atoms with E-state index in [2.05, 4.69) is 4.74 Å². The summed E-state index contributed by atoms with van der Waals surface area (Å²) in [6, 6.07) is 3.91. The van der Waals surface area contributed by atoms with Crippen LogP contribution in [0.1, 0.15) is 18.5 Å². The number of halogens is 4. The van der Waals surface area contributed by atoms with Gasteiger partial charge in [0.05, 0.1) is 6.61 Å². The van der Waals surface area contributed by atoms with Crippen LogP contribution in [-0.4, -0.2) is 26.0 Å². The quantitative estimate of drug-likeness (QED) is 0.644. The van der Waals surface area contributed by atoms with Crippen LogP contribution in [0.5, 0.6) is 5.75 Å². The average molecular weight is 281 g/mol. The predicted molar refractivity (Wildman–Crippen MR) is 61.4 cm³/mol. The lowest BCUT2D eigenvalue weighted by Crippen LogP contribution is -2.19. The van der Waals surface area contributed by atoms with Crippen molar-refractivity contribution in [1.29, 1.82) is 0 Å². The molecule has 0 amide bonds. The molecule has 0 fully saturated rings. The van der Waals surface area contributed by atoms with Crippen molar-refractivity contribution < 1.29 is 27.0 Å². The summed E-state index contributed by atoms with van der Waals surface area (Å²) in [5, 5.41) is 0. The number of ether oxygens (including phenoxy) is 2. The van der Waals surface area contributed by atoms with Gasteiger partial charge in [-0.1, -0.05) is 6.07 Å². The Morgan fingerprint density at radius 3 is 2.47 bits per heavy atom. The molecule has 0 bridgehead atoms. The van der Waals surface area contributed by atoms with Crippen LogP contribution in [0.15, 0.2) is 18.2 Å². The van der Waals surface area contributed by atoms with Gasteiger partial charge in [-0.15, -0.1) is 0 Å². The molecule has 0 spiro atoms. The molecule has 108 valence electrons. The minimum Gasteiger partial charge on any atom is -0.488 e. The maximum absolute atomic E-state index is 13.5. The number of hydrogen-bond donors (Lipinski definition) is 1. The Bertz CT molecular complexity index is 407. The van der Waals surface area contributed by atoms with E-state index in [1.165, 1.54) is 12.1 Å². The number of rotatable bonds is 6. The monoisotopic (exact) mass is 281 g/mol. The first-order chi connectivity index (χ1) is 8.79. The van der Waals surface area contributed by atoms with Crippen molar-refractivity contribution in [1.82, 2.24) is 0 Å². The number of hydrogen-bond acceptors (Lipinski definition) is 3. The van der Waals surface area contributed by atoms with Crippen molar-refractivity contribution in [3.05, 3.63) is 29.6 Å². The second kappa shape index (κ2) is 6.72. The molecule has 19 heavy (non-hydrogen) atoms. The minimum atomic E-state index is -4.37. The largest absolute Gasteiger partial charge is 0.488 e. The molecule has 0 aromatic heterocycles. The maximum atomic E-state index is 13.5. The summed E-state index contributed by atoms with van der Waals surface area (Å²) in [6.07, 6.45) is -4.37. The van der Waals surface area contributed by atoms with Gasteiger partial charge in [0.25, 0.3) is 0 Å². The van der Waals surface area contributed by atoms with Crippen LogP contribution >= 0.6 is 0 Å². The van der Waals surface area contributed by atoms with Crippen molar-refractivity contribution >= 4 is 0 Å². The number of benzene rings is 1. The number of nitrogens with two attached hydrogens (primary N) is 1. The molecule has 0 aliphatic rings. The SMILES string of the molecule is CC(N)c1ccc(OCCOCC(F)(F)F)c(F)c1. The fourth-order valence-corrected chi connectivity index (χ4v) is 1.32. The van der Waals surface area contributed by atoms with Gasteiger partial charge in [-0.05, 0) is 24.6 Å². The van der Waals surface area contributed by atoms with Crippen molar-refractivity contribution in [3.63, 3.8) is 0 Å². The van der Waals surface area contributed by atoms with Gasteiger partial charge in [0.15, 0.2) is 11.6 Å². The Morgan fingerprint density at radius 1 is 1.26 bits per heavy atom. The summed E-state index contributed by atoms with van der Waals surface area (Å²) in [7, 11) is 0. The van der Waals surface area contributed by atoms with E-state index in [-0.39, 0.29) is 25.0 Å². The molecule has 0 aliphatic heterocycles. The van der Waals surface area contributed by atoms with E-state index in [0.29, 0.717) is 5.56 Å². The molecular formula is C12H15F4NO2. The van der Waals surface area contributed by atoms with E-state index in [9.17, 15) is 17.6 Å². The van der Waals surface area contributed by atoms with Gasteiger partial charge in [-0.2, -0.15) is 13.2 Å². The normalized spacial score (nSPS) is 13.4. The first-order valence-electron chi connectivity index (χ1n) is 5.62. The Hall–Kier alpha value is -1.34. The highest BCUT2D eigenvalue weighted by Crippen LogP contribution is 2.21. The van der Waals surface area contributed by atoms with Crippen LogP contribution in [0, 0.1) is 5.82 Å². The second-order valence-corrected chi connectivity index (χ2v) is 3.99. The summed E-state index contributed by atoms with van der Waals surface area (Å²) in [6.45, 7) is -0.0682. The van der Waals surface area contributed by atoms with Gasteiger partial charge < -0.3 is 15.2 Å². The Labute approximate surface area is 108 Å². The van der Waals surface area contributed by atoms with Crippen LogP contribution in [-0.2, 0) is 4.74 Å². The molecule has 1 aromatic rings. The Balaban J connectivity index is 2.38. The van der Waals surface area contributed by atoms with E-state index in [1.54, 1.807) is 13.0 Å².